The van der Waals surface area contributed by atoms with Crippen molar-refractivity contribution >= 4 is 23.2 Å². The van der Waals surface area contributed by atoms with E-state index in [9.17, 15) is 9.59 Å². The Bertz CT molecular complexity index is 655. The fourth-order valence-electron chi connectivity index (χ4n) is 3.61. The van der Waals surface area contributed by atoms with Gasteiger partial charge in [0.25, 0.3) is 0 Å². The molecule has 0 saturated heterocycles. The fraction of sp³-hybridized carbons (Fsp3) is 0.444. The zero-order valence-electron chi connectivity index (χ0n) is 12.9. The summed E-state index contributed by atoms with van der Waals surface area (Å²) in [5.41, 5.74) is 1.11. The third-order valence-corrected chi connectivity index (χ3v) is 5.28. The van der Waals surface area contributed by atoms with Crippen LogP contribution >= 0.6 is 11.6 Å². The number of allylic oxidation sites excluding steroid dienone is 2. The molecule has 0 heterocycles. The lowest BCUT2D eigenvalue weighted by molar-refractivity contribution is 0.0965. The first-order valence-electron chi connectivity index (χ1n) is 7.85. The van der Waals surface area contributed by atoms with Gasteiger partial charge in [0, 0.05) is 17.2 Å². The number of hydrogen-bond acceptors (Lipinski definition) is 3. The van der Waals surface area contributed by atoms with E-state index in [-0.39, 0.29) is 28.3 Å². The molecule has 0 spiro atoms. The fourth-order valence-corrected chi connectivity index (χ4v) is 3.85. The molecule has 2 atom stereocenters. The van der Waals surface area contributed by atoms with E-state index in [4.69, 9.17) is 11.6 Å². The molecule has 0 aliphatic heterocycles. The van der Waals surface area contributed by atoms with Crippen LogP contribution in [0.25, 0.3) is 0 Å². The third kappa shape index (κ3) is 2.48. The Hall–Kier alpha value is -1.61. The number of benzene rings is 1. The number of halogens is 1. The number of fused-ring (bicyclic) bond motifs is 1. The minimum Gasteiger partial charge on any atom is -0.377 e. The van der Waals surface area contributed by atoms with Gasteiger partial charge < -0.3 is 5.32 Å². The highest BCUT2D eigenvalue weighted by Gasteiger charge is 2.35. The van der Waals surface area contributed by atoms with Crippen LogP contribution in [-0.2, 0) is 0 Å². The molecular formula is C18H20ClNO2. The Balaban J connectivity index is 1.95. The Kier molecular flexibility index (Phi) is 4.09. The van der Waals surface area contributed by atoms with E-state index >= 15 is 0 Å². The summed E-state index contributed by atoms with van der Waals surface area (Å²) >= 11 is 6.22. The van der Waals surface area contributed by atoms with E-state index in [1.807, 2.05) is 0 Å². The summed E-state index contributed by atoms with van der Waals surface area (Å²) in [4.78, 5) is 25.1. The molecule has 0 aromatic heterocycles. The molecule has 0 radical (unpaired) electrons. The molecule has 1 N–H and O–H groups in total. The summed E-state index contributed by atoms with van der Waals surface area (Å²) in [6.45, 7) is 4.37. The van der Waals surface area contributed by atoms with E-state index in [1.54, 1.807) is 24.3 Å². The summed E-state index contributed by atoms with van der Waals surface area (Å²) in [5.74, 6) is 0.474. The predicted octanol–water partition coefficient (Wildman–Crippen LogP) is 3.93. The Morgan fingerprint density at radius 1 is 1.00 bits per heavy atom. The number of carbonyl (C=O) groups is 2. The standard InChI is InChI=1S/C18H20ClNO2/c1-10-6-5-7-11(2)15(10)20-16-14(19)17(21)12-8-3-4-9-13(12)18(16)22/h3-4,8-11,15,20H,5-7H2,1-2H3. The van der Waals surface area contributed by atoms with Crippen LogP contribution in [0.2, 0.25) is 0 Å². The molecule has 0 amide bonds. The van der Waals surface area contributed by atoms with Crippen LogP contribution in [0.4, 0.5) is 0 Å². The van der Waals surface area contributed by atoms with Crippen molar-refractivity contribution < 1.29 is 9.59 Å². The van der Waals surface area contributed by atoms with Crippen molar-refractivity contribution in [3.63, 3.8) is 0 Å². The predicted molar refractivity (Wildman–Crippen MR) is 87.1 cm³/mol. The molecule has 2 unspecified atom stereocenters. The molecule has 1 aromatic rings. The zero-order valence-corrected chi connectivity index (χ0v) is 13.6. The summed E-state index contributed by atoms with van der Waals surface area (Å²) in [7, 11) is 0. The van der Waals surface area contributed by atoms with Gasteiger partial charge in [-0.1, -0.05) is 56.1 Å². The van der Waals surface area contributed by atoms with Crippen LogP contribution in [0, 0.1) is 11.8 Å². The highest BCUT2D eigenvalue weighted by molar-refractivity contribution is 6.49. The molecule has 3 nitrogen and oxygen atoms in total. The first-order chi connectivity index (χ1) is 10.5. The molecule has 3 rings (SSSR count). The third-order valence-electron chi connectivity index (χ3n) is 4.92. The van der Waals surface area contributed by atoms with Gasteiger partial charge in [-0.3, -0.25) is 9.59 Å². The summed E-state index contributed by atoms with van der Waals surface area (Å²) in [5, 5.41) is 3.33. The van der Waals surface area contributed by atoms with Gasteiger partial charge in [0.05, 0.1) is 0 Å². The first-order valence-corrected chi connectivity index (χ1v) is 8.23. The highest BCUT2D eigenvalue weighted by Crippen LogP contribution is 2.32. The number of Topliss-reactive ketones (excluding diaryl/α,β-unsaturated/α-hetero) is 2. The maximum Gasteiger partial charge on any atom is 0.211 e. The maximum absolute atomic E-state index is 12.7. The normalized spacial score (nSPS) is 28.6. The maximum atomic E-state index is 12.7. The summed E-state index contributed by atoms with van der Waals surface area (Å²) in [6.07, 6.45) is 3.47. The monoisotopic (exact) mass is 317 g/mol. The second-order valence-electron chi connectivity index (χ2n) is 6.45. The van der Waals surface area contributed by atoms with Crippen LogP contribution in [0.3, 0.4) is 0 Å². The number of nitrogens with one attached hydrogen (secondary N) is 1. The Morgan fingerprint density at radius 2 is 1.55 bits per heavy atom. The SMILES string of the molecule is CC1CCCC(C)C1NC1=C(Cl)C(=O)c2ccccc2C1=O. The number of carbonyl (C=O) groups excluding carboxylic acids is 2. The van der Waals surface area contributed by atoms with Crippen molar-refractivity contribution in [1.82, 2.24) is 5.32 Å². The topological polar surface area (TPSA) is 46.2 Å². The summed E-state index contributed by atoms with van der Waals surface area (Å²) < 4.78 is 0. The van der Waals surface area contributed by atoms with Crippen molar-refractivity contribution in [2.75, 3.05) is 0 Å². The van der Waals surface area contributed by atoms with Gasteiger partial charge in [-0.25, -0.2) is 0 Å². The van der Waals surface area contributed by atoms with Crippen LogP contribution < -0.4 is 5.32 Å². The molecular weight excluding hydrogens is 298 g/mol. The lowest BCUT2D eigenvalue weighted by Crippen LogP contribution is -2.45. The molecule has 1 fully saturated rings. The average molecular weight is 318 g/mol. The minimum atomic E-state index is -0.268. The van der Waals surface area contributed by atoms with Crippen molar-refractivity contribution in [3.05, 3.63) is 46.1 Å². The molecule has 22 heavy (non-hydrogen) atoms. The van der Waals surface area contributed by atoms with Crippen LogP contribution in [0.5, 0.6) is 0 Å². The second kappa shape index (κ2) is 5.88. The van der Waals surface area contributed by atoms with E-state index in [2.05, 4.69) is 19.2 Å². The Morgan fingerprint density at radius 3 is 2.14 bits per heavy atom. The minimum absolute atomic E-state index is 0.0219. The van der Waals surface area contributed by atoms with E-state index in [0.29, 0.717) is 23.0 Å². The second-order valence-corrected chi connectivity index (χ2v) is 6.83. The largest absolute Gasteiger partial charge is 0.377 e. The number of hydrogen-bond donors (Lipinski definition) is 1. The Labute approximate surface area is 135 Å². The highest BCUT2D eigenvalue weighted by atomic mass is 35.5. The molecule has 1 saturated carbocycles. The van der Waals surface area contributed by atoms with Crippen LogP contribution in [0.1, 0.15) is 53.8 Å². The van der Waals surface area contributed by atoms with Gasteiger partial charge in [-0.15, -0.1) is 0 Å². The van der Waals surface area contributed by atoms with E-state index in [0.717, 1.165) is 12.8 Å². The average Bonchev–Trinajstić information content (AvgIpc) is 2.52. The van der Waals surface area contributed by atoms with Crippen molar-refractivity contribution in [3.8, 4) is 0 Å². The van der Waals surface area contributed by atoms with Gasteiger partial charge >= 0.3 is 0 Å². The van der Waals surface area contributed by atoms with E-state index in [1.165, 1.54) is 6.42 Å². The quantitative estimate of drug-likeness (QED) is 0.899. The zero-order chi connectivity index (χ0) is 15.9. The van der Waals surface area contributed by atoms with Gasteiger partial charge in [0.2, 0.25) is 11.6 Å². The molecule has 1 aromatic carbocycles. The molecule has 2 aliphatic rings. The van der Waals surface area contributed by atoms with Crippen LogP contribution in [-0.4, -0.2) is 17.6 Å². The summed E-state index contributed by atoms with van der Waals surface area (Å²) in [6, 6.07) is 7.04. The lowest BCUT2D eigenvalue weighted by Gasteiger charge is -2.37. The smallest absolute Gasteiger partial charge is 0.211 e. The molecule has 4 heteroatoms. The van der Waals surface area contributed by atoms with Crippen LogP contribution in [0.15, 0.2) is 35.0 Å². The lowest BCUT2D eigenvalue weighted by atomic mass is 9.78. The van der Waals surface area contributed by atoms with Crippen molar-refractivity contribution in [2.45, 2.75) is 39.2 Å². The van der Waals surface area contributed by atoms with Gasteiger partial charge in [0.1, 0.15) is 10.7 Å². The van der Waals surface area contributed by atoms with Gasteiger partial charge in [-0.05, 0) is 24.7 Å². The molecule has 0 bridgehead atoms. The van der Waals surface area contributed by atoms with Gasteiger partial charge in [-0.2, -0.15) is 0 Å². The van der Waals surface area contributed by atoms with Crippen molar-refractivity contribution in [2.24, 2.45) is 11.8 Å². The first kappa shape index (κ1) is 15.3. The van der Waals surface area contributed by atoms with Crippen molar-refractivity contribution in [1.29, 1.82) is 0 Å². The molecule has 2 aliphatic carbocycles. The van der Waals surface area contributed by atoms with Gasteiger partial charge in [0.15, 0.2) is 0 Å². The number of rotatable bonds is 2. The molecule has 116 valence electrons. The van der Waals surface area contributed by atoms with E-state index < -0.39 is 0 Å². The number of ketones is 2.